The van der Waals surface area contributed by atoms with Crippen LogP contribution in [0.3, 0.4) is 0 Å². The molecule has 0 spiro atoms. The van der Waals surface area contributed by atoms with E-state index in [4.69, 9.17) is 9.47 Å². The molecular weight excluding hydrogens is 522 g/mol. The van der Waals surface area contributed by atoms with Crippen molar-refractivity contribution >= 4 is 31.6 Å². The third kappa shape index (κ3) is 9.71. The first-order valence-electron chi connectivity index (χ1n) is 12.4. The third-order valence-electron chi connectivity index (χ3n) is 6.36. The van der Waals surface area contributed by atoms with Gasteiger partial charge < -0.3 is 19.5 Å². The predicted molar refractivity (Wildman–Crippen MR) is 143 cm³/mol. The number of amides is 1. The van der Waals surface area contributed by atoms with E-state index < -0.39 is 38.1 Å². The standard InChI is InChI=1S/C24H41N3O8S2/c1-17-14-27(18(2)16-28)24(29)21-13-20(25-36(5,30)31)10-11-22(21)35-19(3)9-7-8-12-34-23(17)15-26(4)37(6,32)33/h10-11,13,17-19,23,25,28H,7-9,12,14-16H2,1-6H3/t17-,18-,19+,23+/m0/s1. The first-order chi connectivity index (χ1) is 17.1. The number of carbonyl (C=O) groups excluding carboxylic acids is 1. The molecule has 0 aromatic heterocycles. The Hall–Kier alpha value is -1.93. The van der Waals surface area contributed by atoms with Crippen LogP contribution in [0.5, 0.6) is 5.75 Å². The number of anilines is 1. The lowest BCUT2D eigenvalue weighted by Crippen LogP contribution is -2.47. The van der Waals surface area contributed by atoms with Crippen LogP contribution < -0.4 is 9.46 Å². The van der Waals surface area contributed by atoms with E-state index in [0.717, 1.165) is 25.4 Å². The number of nitrogens with zero attached hydrogens (tertiary/aromatic N) is 2. The fraction of sp³-hybridized carbons (Fsp3) is 0.708. The van der Waals surface area contributed by atoms with Crippen LogP contribution >= 0.6 is 0 Å². The molecule has 37 heavy (non-hydrogen) atoms. The van der Waals surface area contributed by atoms with Gasteiger partial charge in [-0.05, 0) is 51.3 Å². The van der Waals surface area contributed by atoms with E-state index in [1.807, 2.05) is 13.8 Å². The lowest BCUT2D eigenvalue weighted by atomic mass is 10.0. The SMILES string of the molecule is C[C@@H]1CCCCO[C@H](CN(C)S(C)(=O)=O)[C@@H](C)CN([C@@H](C)CO)C(=O)c2cc(NS(C)(=O)=O)ccc2O1. The van der Waals surface area contributed by atoms with Crippen LogP contribution in [0, 0.1) is 5.92 Å². The molecule has 1 heterocycles. The van der Waals surface area contributed by atoms with Gasteiger partial charge in [-0.3, -0.25) is 9.52 Å². The van der Waals surface area contributed by atoms with Crippen molar-refractivity contribution in [3.63, 3.8) is 0 Å². The molecule has 0 saturated heterocycles. The molecule has 2 N–H and O–H groups in total. The van der Waals surface area contributed by atoms with Crippen molar-refractivity contribution in [3.05, 3.63) is 23.8 Å². The highest BCUT2D eigenvalue weighted by atomic mass is 32.2. The lowest BCUT2D eigenvalue weighted by molar-refractivity contribution is -0.00828. The number of likely N-dealkylation sites (N-methyl/N-ethyl adjacent to an activating group) is 1. The van der Waals surface area contributed by atoms with Crippen LogP contribution in [0.2, 0.25) is 0 Å². The number of ether oxygens (including phenoxy) is 2. The Morgan fingerprint density at radius 3 is 2.46 bits per heavy atom. The molecule has 2 rings (SSSR count). The Morgan fingerprint density at radius 1 is 1.19 bits per heavy atom. The lowest BCUT2D eigenvalue weighted by Gasteiger charge is -2.35. The van der Waals surface area contributed by atoms with Crippen molar-refractivity contribution in [2.75, 3.05) is 50.6 Å². The molecule has 212 valence electrons. The van der Waals surface area contributed by atoms with Gasteiger partial charge in [0.15, 0.2) is 0 Å². The highest BCUT2D eigenvalue weighted by molar-refractivity contribution is 7.92. The van der Waals surface area contributed by atoms with Crippen LogP contribution in [-0.2, 0) is 24.8 Å². The fourth-order valence-electron chi connectivity index (χ4n) is 4.05. The fourth-order valence-corrected chi connectivity index (χ4v) is 5.02. The van der Waals surface area contributed by atoms with E-state index >= 15 is 0 Å². The number of nitrogens with one attached hydrogen (secondary N) is 1. The molecule has 11 nitrogen and oxygen atoms in total. The van der Waals surface area contributed by atoms with Crippen LogP contribution in [0.15, 0.2) is 18.2 Å². The molecule has 1 aromatic carbocycles. The number of aliphatic hydroxyl groups excluding tert-OH is 1. The number of aliphatic hydroxyl groups is 1. The zero-order valence-corrected chi connectivity index (χ0v) is 24.1. The van der Waals surface area contributed by atoms with Gasteiger partial charge in [-0.15, -0.1) is 0 Å². The third-order valence-corrected chi connectivity index (χ3v) is 8.25. The molecule has 0 fully saturated rings. The molecular formula is C24H41N3O8S2. The number of hydrogen-bond donors (Lipinski definition) is 2. The Balaban J connectivity index is 2.52. The first kappa shape index (κ1) is 31.3. The number of carbonyl (C=O) groups is 1. The minimum Gasteiger partial charge on any atom is -0.490 e. The topological polar surface area (TPSA) is 143 Å². The Kier molecular flexibility index (Phi) is 11.2. The molecule has 1 aliphatic heterocycles. The average Bonchev–Trinajstić information content (AvgIpc) is 2.79. The number of hydrogen-bond acceptors (Lipinski definition) is 8. The molecule has 0 unspecified atom stereocenters. The van der Waals surface area contributed by atoms with Gasteiger partial charge in [-0.1, -0.05) is 6.92 Å². The number of sulfonamides is 2. The van der Waals surface area contributed by atoms with E-state index in [9.17, 15) is 26.7 Å². The quantitative estimate of drug-likeness (QED) is 0.511. The Bertz CT molecular complexity index is 1130. The van der Waals surface area contributed by atoms with Gasteiger partial charge in [0.25, 0.3) is 5.91 Å². The van der Waals surface area contributed by atoms with E-state index in [-0.39, 0.29) is 43.0 Å². The average molecular weight is 564 g/mol. The number of benzene rings is 1. The van der Waals surface area contributed by atoms with Crippen molar-refractivity contribution in [2.45, 2.75) is 58.3 Å². The maximum atomic E-state index is 13.9. The van der Waals surface area contributed by atoms with Crippen LogP contribution in [-0.4, -0.2) is 101 Å². The summed E-state index contributed by atoms with van der Waals surface area (Å²) >= 11 is 0. The highest BCUT2D eigenvalue weighted by Crippen LogP contribution is 2.28. The second-order valence-corrected chi connectivity index (χ2v) is 13.8. The van der Waals surface area contributed by atoms with Gasteiger partial charge in [0.05, 0.1) is 42.9 Å². The maximum Gasteiger partial charge on any atom is 0.258 e. The van der Waals surface area contributed by atoms with Crippen LogP contribution in [0.1, 0.15) is 50.4 Å². The van der Waals surface area contributed by atoms with Crippen molar-refractivity contribution in [1.82, 2.24) is 9.21 Å². The summed E-state index contributed by atoms with van der Waals surface area (Å²) in [4.78, 5) is 15.4. The van der Waals surface area contributed by atoms with E-state index in [0.29, 0.717) is 18.8 Å². The summed E-state index contributed by atoms with van der Waals surface area (Å²) in [5.74, 6) is -0.410. The summed E-state index contributed by atoms with van der Waals surface area (Å²) in [7, 11) is -5.53. The summed E-state index contributed by atoms with van der Waals surface area (Å²) in [5, 5.41) is 9.94. The zero-order valence-electron chi connectivity index (χ0n) is 22.5. The molecule has 0 radical (unpaired) electrons. The highest BCUT2D eigenvalue weighted by Gasteiger charge is 2.31. The van der Waals surface area contributed by atoms with Gasteiger partial charge in [0.2, 0.25) is 20.0 Å². The molecule has 1 amide bonds. The number of rotatable bonds is 7. The second-order valence-electron chi connectivity index (χ2n) is 9.93. The smallest absolute Gasteiger partial charge is 0.258 e. The molecule has 0 bridgehead atoms. The van der Waals surface area contributed by atoms with E-state index in [1.54, 1.807) is 13.0 Å². The van der Waals surface area contributed by atoms with Gasteiger partial charge in [-0.25, -0.2) is 21.1 Å². The molecule has 1 aromatic rings. The first-order valence-corrected chi connectivity index (χ1v) is 16.1. The summed E-state index contributed by atoms with van der Waals surface area (Å²) < 4.78 is 63.6. The van der Waals surface area contributed by atoms with Crippen LogP contribution in [0.4, 0.5) is 5.69 Å². The van der Waals surface area contributed by atoms with Gasteiger partial charge in [0.1, 0.15) is 5.75 Å². The maximum absolute atomic E-state index is 13.9. The summed E-state index contributed by atoms with van der Waals surface area (Å²) in [6.07, 6.45) is 3.68. The second kappa shape index (κ2) is 13.2. The molecule has 4 atom stereocenters. The van der Waals surface area contributed by atoms with Crippen molar-refractivity contribution in [2.24, 2.45) is 5.92 Å². The molecule has 1 aliphatic rings. The zero-order chi connectivity index (χ0) is 28.0. The Morgan fingerprint density at radius 2 is 1.86 bits per heavy atom. The Labute approximate surface area is 221 Å². The monoisotopic (exact) mass is 563 g/mol. The number of fused-ring (bicyclic) bond motifs is 1. The van der Waals surface area contributed by atoms with Crippen molar-refractivity contribution < 1.29 is 36.2 Å². The van der Waals surface area contributed by atoms with Crippen LogP contribution in [0.25, 0.3) is 0 Å². The normalized spacial score (nSPS) is 23.6. The minimum atomic E-state index is -3.58. The van der Waals surface area contributed by atoms with Gasteiger partial charge >= 0.3 is 0 Å². The molecule has 0 aliphatic carbocycles. The predicted octanol–water partition coefficient (Wildman–Crippen LogP) is 1.75. The van der Waals surface area contributed by atoms with Gasteiger partial charge in [0, 0.05) is 38.3 Å². The van der Waals surface area contributed by atoms with Crippen molar-refractivity contribution in [1.29, 1.82) is 0 Å². The van der Waals surface area contributed by atoms with E-state index in [1.165, 1.54) is 28.4 Å². The summed E-state index contributed by atoms with van der Waals surface area (Å²) in [6.45, 7) is 5.88. The summed E-state index contributed by atoms with van der Waals surface area (Å²) in [5.41, 5.74) is 0.378. The summed E-state index contributed by atoms with van der Waals surface area (Å²) in [6, 6.07) is 3.97. The van der Waals surface area contributed by atoms with E-state index in [2.05, 4.69) is 4.72 Å². The van der Waals surface area contributed by atoms with Crippen molar-refractivity contribution in [3.8, 4) is 5.75 Å². The largest absolute Gasteiger partial charge is 0.490 e. The minimum absolute atomic E-state index is 0.119. The van der Waals surface area contributed by atoms with Gasteiger partial charge in [-0.2, -0.15) is 0 Å². The molecule has 13 heteroatoms. The molecule has 0 saturated carbocycles.